The predicted octanol–water partition coefficient (Wildman–Crippen LogP) is 3.26. The Kier molecular flexibility index (Phi) is 7.07. The van der Waals surface area contributed by atoms with Crippen LogP contribution < -0.4 is 20.3 Å². The Labute approximate surface area is 164 Å². The van der Waals surface area contributed by atoms with Crippen molar-refractivity contribution in [3.63, 3.8) is 0 Å². The second-order valence-electron chi connectivity index (χ2n) is 6.48. The van der Waals surface area contributed by atoms with Gasteiger partial charge in [0.2, 0.25) is 5.91 Å². The lowest BCUT2D eigenvalue weighted by molar-refractivity contribution is -0.122. The molecule has 0 bridgehead atoms. The monoisotopic (exact) mass is 380 g/mol. The Morgan fingerprint density at radius 2 is 1.68 bits per heavy atom. The molecule has 1 aliphatic carbocycles. The van der Waals surface area contributed by atoms with Crippen LogP contribution in [0.4, 0.5) is 0 Å². The summed E-state index contributed by atoms with van der Waals surface area (Å²) < 4.78 is 11.3. The standard InChI is InChI=1S/C22H24N2O4/c25-21(16-17-8-4-5-9-17)23-24-22(26)19-12-6-7-13-20(19)28-15-14-27-18-10-2-1-3-11-18/h1-4,6-8,10-13,17H,5,9,14-16H2,(H,23,25)(H,24,26)/t17-/m0/s1. The minimum absolute atomic E-state index is 0.209. The quantitative estimate of drug-likeness (QED) is 0.419. The van der Waals surface area contributed by atoms with Crippen LogP contribution in [-0.2, 0) is 4.79 Å². The molecular formula is C22H24N2O4. The molecule has 0 unspecified atom stereocenters. The molecule has 1 aliphatic rings. The first-order chi connectivity index (χ1) is 13.7. The first-order valence-electron chi connectivity index (χ1n) is 9.38. The number of ether oxygens (including phenoxy) is 2. The first-order valence-corrected chi connectivity index (χ1v) is 9.38. The smallest absolute Gasteiger partial charge is 0.273 e. The van der Waals surface area contributed by atoms with Crippen LogP contribution in [0, 0.1) is 5.92 Å². The van der Waals surface area contributed by atoms with Gasteiger partial charge in [0.05, 0.1) is 5.56 Å². The molecule has 6 heteroatoms. The molecule has 0 spiro atoms. The number of para-hydroxylation sites is 2. The molecule has 0 aromatic heterocycles. The summed E-state index contributed by atoms with van der Waals surface area (Å²) in [6, 6.07) is 16.3. The number of allylic oxidation sites excluding steroid dienone is 2. The SMILES string of the molecule is O=C(C[C@H]1C=CCC1)NNC(=O)c1ccccc1OCCOc1ccccc1. The zero-order valence-electron chi connectivity index (χ0n) is 15.6. The zero-order chi connectivity index (χ0) is 19.6. The highest BCUT2D eigenvalue weighted by Crippen LogP contribution is 2.20. The molecule has 2 amide bonds. The minimum atomic E-state index is -0.421. The third-order valence-electron chi connectivity index (χ3n) is 4.36. The summed E-state index contributed by atoms with van der Waals surface area (Å²) >= 11 is 0. The van der Waals surface area contributed by atoms with E-state index in [2.05, 4.69) is 16.9 Å². The Hall–Kier alpha value is -3.28. The van der Waals surface area contributed by atoms with Gasteiger partial charge in [-0.25, -0.2) is 0 Å². The fourth-order valence-corrected chi connectivity index (χ4v) is 2.96. The van der Waals surface area contributed by atoms with Crippen molar-refractivity contribution in [1.29, 1.82) is 0 Å². The summed E-state index contributed by atoms with van der Waals surface area (Å²) in [6.07, 6.45) is 6.46. The molecule has 0 fully saturated rings. The number of hydrogen-bond acceptors (Lipinski definition) is 4. The third kappa shape index (κ3) is 5.87. The highest BCUT2D eigenvalue weighted by molar-refractivity contribution is 5.97. The number of hydrogen-bond donors (Lipinski definition) is 2. The number of benzene rings is 2. The van der Waals surface area contributed by atoms with Crippen molar-refractivity contribution >= 4 is 11.8 Å². The van der Waals surface area contributed by atoms with E-state index in [0.717, 1.165) is 18.6 Å². The Bertz CT molecular complexity index is 820. The van der Waals surface area contributed by atoms with Crippen LogP contribution >= 0.6 is 0 Å². The zero-order valence-corrected chi connectivity index (χ0v) is 15.6. The van der Waals surface area contributed by atoms with E-state index in [9.17, 15) is 9.59 Å². The summed E-state index contributed by atoms with van der Waals surface area (Å²) in [5.74, 6) is 0.813. The van der Waals surface area contributed by atoms with Crippen LogP contribution in [0.3, 0.4) is 0 Å². The summed E-state index contributed by atoms with van der Waals surface area (Å²) in [7, 11) is 0. The van der Waals surface area contributed by atoms with Gasteiger partial charge in [-0.1, -0.05) is 42.5 Å². The van der Waals surface area contributed by atoms with Crippen molar-refractivity contribution in [2.75, 3.05) is 13.2 Å². The molecule has 0 heterocycles. The van der Waals surface area contributed by atoms with E-state index in [4.69, 9.17) is 9.47 Å². The average Bonchev–Trinajstić information content (AvgIpc) is 3.23. The number of hydrazine groups is 1. The molecule has 1 atom stereocenters. The normalized spacial score (nSPS) is 15.1. The lowest BCUT2D eigenvalue weighted by atomic mass is 10.1. The predicted molar refractivity (Wildman–Crippen MR) is 106 cm³/mol. The molecule has 2 aromatic carbocycles. The maximum absolute atomic E-state index is 12.4. The molecule has 146 valence electrons. The van der Waals surface area contributed by atoms with Crippen molar-refractivity contribution in [3.8, 4) is 11.5 Å². The van der Waals surface area contributed by atoms with Crippen molar-refractivity contribution in [2.45, 2.75) is 19.3 Å². The summed E-state index contributed by atoms with van der Waals surface area (Å²) in [4.78, 5) is 24.4. The van der Waals surface area contributed by atoms with Gasteiger partial charge in [-0.15, -0.1) is 0 Å². The second-order valence-corrected chi connectivity index (χ2v) is 6.48. The fraction of sp³-hybridized carbons (Fsp3) is 0.273. The second kappa shape index (κ2) is 10.2. The third-order valence-corrected chi connectivity index (χ3v) is 4.36. The maximum atomic E-state index is 12.4. The van der Waals surface area contributed by atoms with E-state index in [0.29, 0.717) is 30.9 Å². The van der Waals surface area contributed by atoms with Gasteiger partial charge >= 0.3 is 0 Å². The van der Waals surface area contributed by atoms with Crippen LogP contribution in [0.25, 0.3) is 0 Å². The lowest BCUT2D eigenvalue weighted by Gasteiger charge is -2.13. The topological polar surface area (TPSA) is 76.7 Å². The maximum Gasteiger partial charge on any atom is 0.273 e. The average molecular weight is 380 g/mol. The Balaban J connectivity index is 1.46. The highest BCUT2D eigenvalue weighted by Gasteiger charge is 2.16. The molecular weight excluding hydrogens is 356 g/mol. The van der Waals surface area contributed by atoms with Gasteiger partial charge in [-0.2, -0.15) is 0 Å². The number of carbonyl (C=O) groups is 2. The van der Waals surface area contributed by atoms with E-state index in [-0.39, 0.29) is 11.8 Å². The van der Waals surface area contributed by atoms with Crippen LogP contribution in [-0.4, -0.2) is 25.0 Å². The van der Waals surface area contributed by atoms with Crippen molar-refractivity contribution in [2.24, 2.45) is 5.92 Å². The van der Waals surface area contributed by atoms with Crippen molar-refractivity contribution in [3.05, 3.63) is 72.3 Å². The Morgan fingerprint density at radius 3 is 2.46 bits per heavy atom. The van der Waals surface area contributed by atoms with Gasteiger partial charge in [0, 0.05) is 6.42 Å². The fourth-order valence-electron chi connectivity index (χ4n) is 2.96. The highest BCUT2D eigenvalue weighted by atomic mass is 16.5. The molecule has 28 heavy (non-hydrogen) atoms. The summed E-state index contributed by atoms with van der Waals surface area (Å²) in [5, 5.41) is 0. The molecule has 2 aromatic rings. The van der Waals surface area contributed by atoms with Crippen LogP contribution in [0.5, 0.6) is 11.5 Å². The van der Waals surface area contributed by atoms with Gasteiger partial charge in [-0.3, -0.25) is 20.4 Å². The molecule has 0 aliphatic heterocycles. The molecule has 0 saturated heterocycles. The molecule has 2 N–H and O–H groups in total. The summed E-state index contributed by atoms with van der Waals surface area (Å²) in [6.45, 7) is 0.644. The first kappa shape index (κ1) is 19.5. The molecule has 6 nitrogen and oxygen atoms in total. The van der Waals surface area contributed by atoms with Gasteiger partial charge in [0.1, 0.15) is 24.7 Å². The van der Waals surface area contributed by atoms with E-state index < -0.39 is 5.91 Å². The van der Waals surface area contributed by atoms with Crippen LogP contribution in [0.15, 0.2) is 66.7 Å². The summed E-state index contributed by atoms with van der Waals surface area (Å²) in [5.41, 5.74) is 5.28. The van der Waals surface area contributed by atoms with Gasteiger partial charge in [-0.05, 0) is 43.0 Å². The van der Waals surface area contributed by atoms with Crippen LogP contribution in [0.2, 0.25) is 0 Å². The number of carbonyl (C=O) groups excluding carboxylic acids is 2. The van der Waals surface area contributed by atoms with E-state index in [1.54, 1.807) is 24.3 Å². The largest absolute Gasteiger partial charge is 0.490 e. The van der Waals surface area contributed by atoms with Gasteiger partial charge < -0.3 is 9.47 Å². The van der Waals surface area contributed by atoms with E-state index in [1.165, 1.54) is 0 Å². The van der Waals surface area contributed by atoms with E-state index >= 15 is 0 Å². The van der Waals surface area contributed by atoms with Gasteiger partial charge in [0.25, 0.3) is 5.91 Å². The van der Waals surface area contributed by atoms with Gasteiger partial charge in [0.15, 0.2) is 0 Å². The van der Waals surface area contributed by atoms with Crippen LogP contribution in [0.1, 0.15) is 29.6 Å². The Morgan fingerprint density at radius 1 is 0.929 bits per heavy atom. The number of nitrogens with one attached hydrogen (secondary N) is 2. The number of amides is 2. The van der Waals surface area contributed by atoms with Crippen molar-refractivity contribution in [1.82, 2.24) is 10.9 Å². The molecule has 3 rings (SSSR count). The minimum Gasteiger partial charge on any atom is -0.490 e. The molecule has 0 saturated carbocycles. The lowest BCUT2D eigenvalue weighted by Crippen LogP contribution is -2.42. The number of rotatable bonds is 8. The molecule has 0 radical (unpaired) electrons. The van der Waals surface area contributed by atoms with E-state index in [1.807, 2.05) is 36.4 Å². The van der Waals surface area contributed by atoms with Crippen molar-refractivity contribution < 1.29 is 19.1 Å².